The fourth-order valence-electron chi connectivity index (χ4n) is 3.56. The molecule has 5 heteroatoms. The molecule has 156 valence electrons. The van der Waals surface area contributed by atoms with E-state index in [1.54, 1.807) is 18.2 Å². The van der Waals surface area contributed by atoms with Crippen LogP contribution < -0.4 is 5.32 Å². The van der Waals surface area contributed by atoms with Crippen LogP contribution in [0.15, 0.2) is 95.4 Å². The van der Waals surface area contributed by atoms with Crippen LogP contribution in [0, 0.1) is 6.92 Å². The number of fused-ring (bicyclic) bond motifs is 1. The Labute approximate surface area is 190 Å². The molecular weight excluding hydrogens is 420 g/mol. The van der Waals surface area contributed by atoms with E-state index in [0.29, 0.717) is 33.3 Å². The number of carbonyl (C=O) groups is 1. The molecule has 0 saturated heterocycles. The van der Waals surface area contributed by atoms with E-state index in [1.807, 2.05) is 79.7 Å². The fraction of sp³-hybridized carbons (Fsp3) is 0.0370. The molecule has 1 heterocycles. The third-order valence-corrected chi connectivity index (χ3v) is 5.58. The van der Waals surface area contributed by atoms with Gasteiger partial charge < -0.3 is 9.73 Å². The molecule has 5 aromatic rings. The Kier molecular flexibility index (Phi) is 5.21. The molecular formula is C27H19ClN2O2. The molecule has 0 bridgehead atoms. The molecule has 4 aromatic carbocycles. The van der Waals surface area contributed by atoms with E-state index in [9.17, 15) is 4.79 Å². The Hall–Kier alpha value is -3.89. The molecule has 0 aliphatic carbocycles. The minimum atomic E-state index is -0.203. The third kappa shape index (κ3) is 4.01. The molecule has 0 aliphatic rings. The zero-order valence-electron chi connectivity index (χ0n) is 17.3. The largest absolute Gasteiger partial charge is 0.436 e. The van der Waals surface area contributed by atoms with E-state index in [4.69, 9.17) is 16.0 Å². The third-order valence-electron chi connectivity index (χ3n) is 5.25. The predicted molar refractivity (Wildman–Crippen MR) is 129 cm³/mol. The highest BCUT2D eigenvalue weighted by Gasteiger charge is 2.14. The number of nitrogens with zero attached hydrogens (tertiary/aromatic N) is 1. The quantitative estimate of drug-likeness (QED) is 0.318. The molecule has 0 saturated carbocycles. The monoisotopic (exact) mass is 438 g/mol. The number of hydrogen-bond acceptors (Lipinski definition) is 3. The zero-order chi connectivity index (χ0) is 22.1. The van der Waals surface area contributed by atoms with Crippen molar-refractivity contribution in [2.24, 2.45) is 0 Å². The Morgan fingerprint density at radius 3 is 2.41 bits per heavy atom. The first-order valence-corrected chi connectivity index (χ1v) is 10.6. The van der Waals surface area contributed by atoms with Gasteiger partial charge in [-0.25, -0.2) is 4.98 Å². The summed E-state index contributed by atoms with van der Waals surface area (Å²) in [7, 11) is 0. The van der Waals surface area contributed by atoms with Crippen LogP contribution in [-0.2, 0) is 0 Å². The number of nitrogens with one attached hydrogen (secondary N) is 1. The van der Waals surface area contributed by atoms with Gasteiger partial charge >= 0.3 is 0 Å². The predicted octanol–water partition coefficient (Wildman–Crippen LogP) is 7.38. The van der Waals surface area contributed by atoms with Crippen molar-refractivity contribution in [3.8, 4) is 22.6 Å². The Bertz CT molecular complexity index is 1420. The molecule has 0 radical (unpaired) electrons. The molecule has 0 fully saturated rings. The van der Waals surface area contributed by atoms with Crippen LogP contribution in [0.1, 0.15) is 15.9 Å². The second kappa shape index (κ2) is 8.33. The highest BCUT2D eigenvalue weighted by atomic mass is 35.5. The molecule has 1 amide bonds. The minimum absolute atomic E-state index is 0.203. The highest BCUT2D eigenvalue weighted by molar-refractivity contribution is 6.33. The van der Waals surface area contributed by atoms with Crippen LogP contribution in [0.2, 0.25) is 5.02 Å². The second-order valence-electron chi connectivity index (χ2n) is 7.58. The van der Waals surface area contributed by atoms with Crippen molar-refractivity contribution in [1.29, 1.82) is 0 Å². The number of benzene rings is 4. The van der Waals surface area contributed by atoms with Crippen molar-refractivity contribution in [2.45, 2.75) is 6.92 Å². The molecule has 0 spiro atoms. The van der Waals surface area contributed by atoms with Gasteiger partial charge in [-0.3, -0.25) is 4.79 Å². The smallest absolute Gasteiger partial charge is 0.255 e. The molecule has 1 N–H and O–H groups in total. The molecule has 1 aromatic heterocycles. The number of aromatic nitrogens is 1. The normalized spacial score (nSPS) is 10.9. The molecule has 0 atom stereocenters. The van der Waals surface area contributed by atoms with Crippen molar-refractivity contribution in [1.82, 2.24) is 4.98 Å². The highest BCUT2D eigenvalue weighted by Crippen LogP contribution is 2.32. The lowest BCUT2D eigenvalue weighted by molar-refractivity contribution is 0.102. The first-order valence-electron chi connectivity index (χ1n) is 10.2. The second-order valence-corrected chi connectivity index (χ2v) is 7.99. The average molecular weight is 439 g/mol. The van der Waals surface area contributed by atoms with Gasteiger partial charge in [0.2, 0.25) is 5.89 Å². The summed E-state index contributed by atoms with van der Waals surface area (Å²) in [4.78, 5) is 17.3. The summed E-state index contributed by atoms with van der Waals surface area (Å²) in [6.45, 7) is 2.00. The van der Waals surface area contributed by atoms with Gasteiger partial charge in [0.15, 0.2) is 5.58 Å². The Morgan fingerprint density at radius 1 is 0.875 bits per heavy atom. The van der Waals surface area contributed by atoms with Crippen molar-refractivity contribution in [3.05, 3.63) is 107 Å². The van der Waals surface area contributed by atoms with Crippen LogP contribution in [0.5, 0.6) is 0 Å². The number of hydrogen-bond donors (Lipinski definition) is 1. The van der Waals surface area contributed by atoms with E-state index >= 15 is 0 Å². The topological polar surface area (TPSA) is 55.1 Å². The number of rotatable bonds is 4. The van der Waals surface area contributed by atoms with Gasteiger partial charge in [-0.05, 0) is 66.1 Å². The molecule has 0 unspecified atom stereocenters. The van der Waals surface area contributed by atoms with Gasteiger partial charge in [-0.2, -0.15) is 0 Å². The van der Waals surface area contributed by atoms with Crippen molar-refractivity contribution in [3.63, 3.8) is 0 Å². The van der Waals surface area contributed by atoms with Gasteiger partial charge in [0, 0.05) is 11.3 Å². The van der Waals surface area contributed by atoms with Gasteiger partial charge in [0.25, 0.3) is 5.91 Å². The van der Waals surface area contributed by atoms with Crippen molar-refractivity contribution >= 4 is 34.3 Å². The maximum absolute atomic E-state index is 12.8. The van der Waals surface area contributed by atoms with E-state index in [2.05, 4.69) is 10.3 Å². The van der Waals surface area contributed by atoms with Gasteiger partial charge in [-0.1, -0.05) is 60.1 Å². The Balaban J connectivity index is 1.39. The van der Waals surface area contributed by atoms with E-state index in [-0.39, 0.29) is 5.91 Å². The number of amides is 1. The zero-order valence-corrected chi connectivity index (χ0v) is 18.1. The standard InChI is InChI=1S/C27H19ClN2O2/c1-17-7-14-24-25(15-17)32-27(30-24)22-16-21(12-13-23(22)28)29-26(31)20-10-8-19(9-11-20)18-5-3-2-4-6-18/h2-16H,1H3,(H,29,31). The number of halogens is 1. The summed E-state index contributed by atoms with van der Waals surface area (Å²) in [5, 5.41) is 3.43. The van der Waals surface area contributed by atoms with Gasteiger partial charge in [0.1, 0.15) is 5.52 Å². The summed E-state index contributed by atoms with van der Waals surface area (Å²) in [6.07, 6.45) is 0. The van der Waals surface area contributed by atoms with Crippen LogP contribution in [0.4, 0.5) is 5.69 Å². The summed E-state index contributed by atoms with van der Waals surface area (Å²) in [6, 6.07) is 28.7. The fourth-order valence-corrected chi connectivity index (χ4v) is 3.76. The molecule has 4 nitrogen and oxygen atoms in total. The summed E-state index contributed by atoms with van der Waals surface area (Å²) in [5.41, 5.74) is 6.51. The van der Waals surface area contributed by atoms with Gasteiger partial charge in [0.05, 0.1) is 10.6 Å². The molecule has 32 heavy (non-hydrogen) atoms. The summed E-state index contributed by atoms with van der Waals surface area (Å²) < 4.78 is 5.91. The lowest BCUT2D eigenvalue weighted by Crippen LogP contribution is -2.11. The SMILES string of the molecule is Cc1ccc2nc(-c3cc(NC(=O)c4ccc(-c5ccccc5)cc4)ccc3Cl)oc2c1. The minimum Gasteiger partial charge on any atom is -0.436 e. The Morgan fingerprint density at radius 2 is 1.62 bits per heavy atom. The van der Waals surface area contributed by atoms with Crippen molar-refractivity contribution in [2.75, 3.05) is 5.32 Å². The van der Waals surface area contributed by atoms with Crippen LogP contribution in [-0.4, -0.2) is 10.9 Å². The summed E-state index contributed by atoms with van der Waals surface area (Å²) >= 11 is 6.41. The number of carbonyl (C=O) groups excluding carboxylic acids is 1. The van der Waals surface area contributed by atoms with Gasteiger partial charge in [-0.15, -0.1) is 0 Å². The number of anilines is 1. The van der Waals surface area contributed by atoms with E-state index in [0.717, 1.165) is 22.2 Å². The lowest BCUT2D eigenvalue weighted by atomic mass is 10.0. The number of oxazole rings is 1. The first-order chi connectivity index (χ1) is 15.6. The lowest BCUT2D eigenvalue weighted by Gasteiger charge is -2.08. The average Bonchev–Trinajstić information content (AvgIpc) is 3.24. The summed E-state index contributed by atoms with van der Waals surface area (Å²) in [5.74, 6) is 0.213. The number of aryl methyl sites for hydroxylation is 1. The molecule has 5 rings (SSSR count). The van der Waals surface area contributed by atoms with E-state index < -0.39 is 0 Å². The van der Waals surface area contributed by atoms with Crippen molar-refractivity contribution < 1.29 is 9.21 Å². The molecule has 0 aliphatic heterocycles. The van der Waals surface area contributed by atoms with Crippen LogP contribution >= 0.6 is 11.6 Å². The maximum atomic E-state index is 12.8. The maximum Gasteiger partial charge on any atom is 0.255 e. The first kappa shape index (κ1) is 20.0. The van der Waals surface area contributed by atoms with Crippen LogP contribution in [0.25, 0.3) is 33.7 Å². The van der Waals surface area contributed by atoms with E-state index in [1.165, 1.54) is 0 Å². The van der Waals surface area contributed by atoms with Crippen LogP contribution in [0.3, 0.4) is 0 Å².